The summed E-state index contributed by atoms with van der Waals surface area (Å²) in [5, 5.41) is 8.05. The average Bonchev–Trinajstić information content (AvgIpc) is 3.33. The first-order valence-electron chi connectivity index (χ1n) is 12.6. The molecule has 1 amide bonds. The molecule has 192 valence electrons. The first-order valence-corrected chi connectivity index (χ1v) is 14.0. The Morgan fingerprint density at radius 3 is 2.64 bits per heavy atom. The number of hydrogen-bond acceptors (Lipinski definition) is 6. The van der Waals surface area contributed by atoms with Crippen molar-refractivity contribution in [1.29, 1.82) is 0 Å². The predicted octanol–water partition coefficient (Wildman–Crippen LogP) is 6.20. The molecular weight excluding hydrogens is 492 g/mol. The van der Waals surface area contributed by atoms with E-state index in [1.165, 1.54) is 10.5 Å². The molecule has 0 aliphatic carbocycles. The van der Waals surface area contributed by atoms with Crippen LogP contribution in [0.3, 0.4) is 0 Å². The summed E-state index contributed by atoms with van der Waals surface area (Å²) in [5.74, 6) is 2.28. The van der Waals surface area contributed by atoms with Gasteiger partial charge >= 0.3 is 0 Å². The molecule has 6 nitrogen and oxygen atoms in total. The molecule has 4 rings (SSSR count). The predicted molar refractivity (Wildman–Crippen MR) is 146 cm³/mol. The fraction of sp³-hybridized carbons (Fsp3) is 0.464. The maximum absolute atomic E-state index is 12.7. The highest BCUT2D eigenvalue weighted by Gasteiger charge is 2.26. The fourth-order valence-electron chi connectivity index (χ4n) is 4.31. The van der Waals surface area contributed by atoms with Gasteiger partial charge in [-0.2, -0.15) is 4.98 Å². The maximum atomic E-state index is 12.7. The molecule has 2 heterocycles. The van der Waals surface area contributed by atoms with Gasteiger partial charge in [-0.15, -0.1) is 11.8 Å². The van der Waals surface area contributed by atoms with Gasteiger partial charge in [-0.25, -0.2) is 0 Å². The summed E-state index contributed by atoms with van der Waals surface area (Å²) in [4.78, 5) is 20.8. The second-order valence-corrected chi connectivity index (χ2v) is 12.0. The van der Waals surface area contributed by atoms with Crippen LogP contribution in [0.5, 0.6) is 0 Å². The summed E-state index contributed by atoms with van der Waals surface area (Å²) in [5.41, 5.74) is 2.32. The first-order chi connectivity index (χ1) is 17.3. The number of carbonyl (C=O) groups excluding carboxylic acids is 1. The highest BCUT2D eigenvalue weighted by atomic mass is 35.5. The first kappa shape index (κ1) is 26.7. The number of amides is 1. The molecule has 0 spiro atoms. The second-order valence-electron chi connectivity index (χ2n) is 10.4. The lowest BCUT2D eigenvalue weighted by atomic mass is 9.87. The van der Waals surface area contributed by atoms with E-state index in [4.69, 9.17) is 16.1 Å². The van der Waals surface area contributed by atoms with Crippen molar-refractivity contribution < 1.29 is 9.32 Å². The number of piperidine rings is 1. The number of aromatic nitrogens is 2. The van der Waals surface area contributed by atoms with E-state index in [0.717, 1.165) is 42.1 Å². The number of carbonyl (C=O) groups is 1. The van der Waals surface area contributed by atoms with E-state index in [1.54, 1.807) is 11.8 Å². The molecule has 1 aromatic heterocycles. The van der Waals surface area contributed by atoms with Crippen LogP contribution in [-0.4, -0.2) is 46.3 Å². The Labute approximate surface area is 223 Å². The standard InChI is InChI=1S/C28H35ClN4O2S/c1-28(2,3)22-9-7-20(8-10-22)26-31-25(35-32-26)19-33-16-4-6-21(18-33)27(34)30-15-5-17-36-24-13-11-23(29)12-14-24/h7-14,21H,4-6,15-19H2,1-3H3,(H,30,34). The second kappa shape index (κ2) is 12.3. The molecule has 1 saturated heterocycles. The summed E-state index contributed by atoms with van der Waals surface area (Å²) in [6, 6.07) is 16.2. The van der Waals surface area contributed by atoms with Gasteiger partial charge in [0.25, 0.3) is 0 Å². The fourth-order valence-corrected chi connectivity index (χ4v) is 5.29. The van der Waals surface area contributed by atoms with Gasteiger partial charge in [0.15, 0.2) is 0 Å². The minimum atomic E-state index is -0.00463. The van der Waals surface area contributed by atoms with Gasteiger partial charge in [-0.05, 0) is 66.8 Å². The third kappa shape index (κ3) is 7.58. The van der Waals surface area contributed by atoms with Gasteiger partial charge < -0.3 is 9.84 Å². The van der Waals surface area contributed by atoms with Crippen molar-refractivity contribution in [2.24, 2.45) is 5.92 Å². The highest BCUT2D eigenvalue weighted by molar-refractivity contribution is 7.99. The van der Waals surface area contributed by atoms with Crippen LogP contribution in [0.15, 0.2) is 57.9 Å². The zero-order chi connectivity index (χ0) is 25.5. The number of nitrogens with one attached hydrogen (secondary N) is 1. The third-order valence-corrected chi connectivity index (χ3v) is 7.77. The van der Waals surface area contributed by atoms with E-state index in [9.17, 15) is 4.79 Å². The lowest BCUT2D eigenvalue weighted by Gasteiger charge is -2.30. The van der Waals surface area contributed by atoms with Crippen LogP contribution in [0, 0.1) is 5.92 Å². The number of nitrogens with zero attached hydrogens (tertiary/aromatic N) is 3. The maximum Gasteiger partial charge on any atom is 0.241 e. The van der Waals surface area contributed by atoms with E-state index in [-0.39, 0.29) is 17.2 Å². The average molecular weight is 527 g/mol. The van der Waals surface area contributed by atoms with Crippen molar-refractivity contribution in [1.82, 2.24) is 20.4 Å². The van der Waals surface area contributed by atoms with Crippen LogP contribution in [0.25, 0.3) is 11.4 Å². The minimum Gasteiger partial charge on any atom is -0.356 e. The Morgan fingerprint density at radius 2 is 1.92 bits per heavy atom. The van der Waals surface area contributed by atoms with Gasteiger partial charge in [0.1, 0.15) is 0 Å². The van der Waals surface area contributed by atoms with Gasteiger partial charge in [-0.1, -0.05) is 61.8 Å². The molecular formula is C28H35ClN4O2S. The Kier molecular flexibility index (Phi) is 9.09. The van der Waals surface area contributed by atoms with Crippen molar-refractivity contribution in [3.8, 4) is 11.4 Å². The van der Waals surface area contributed by atoms with E-state index >= 15 is 0 Å². The Balaban J connectivity index is 1.21. The molecule has 2 aromatic carbocycles. The largest absolute Gasteiger partial charge is 0.356 e. The molecule has 1 atom stereocenters. The lowest BCUT2D eigenvalue weighted by Crippen LogP contribution is -2.43. The molecule has 3 aromatic rings. The summed E-state index contributed by atoms with van der Waals surface area (Å²) >= 11 is 7.71. The van der Waals surface area contributed by atoms with Gasteiger partial charge in [0.05, 0.1) is 12.5 Å². The zero-order valence-corrected chi connectivity index (χ0v) is 22.9. The Morgan fingerprint density at radius 1 is 1.17 bits per heavy atom. The van der Waals surface area contributed by atoms with E-state index in [0.29, 0.717) is 31.3 Å². The molecule has 0 saturated carbocycles. The van der Waals surface area contributed by atoms with Crippen LogP contribution in [0.4, 0.5) is 0 Å². The summed E-state index contributed by atoms with van der Waals surface area (Å²) < 4.78 is 5.54. The van der Waals surface area contributed by atoms with E-state index in [1.807, 2.05) is 36.4 Å². The quantitative estimate of drug-likeness (QED) is 0.264. The SMILES string of the molecule is CC(C)(C)c1ccc(-c2noc(CN3CCCC(C(=O)NCCCSc4ccc(Cl)cc4)C3)n2)cc1. The zero-order valence-electron chi connectivity index (χ0n) is 21.3. The normalized spacial score (nSPS) is 16.7. The lowest BCUT2D eigenvalue weighted by molar-refractivity contribution is -0.126. The number of halogens is 1. The topological polar surface area (TPSA) is 71.3 Å². The van der Waals surface area contributed by atoms with Gasteiger partial charge in [-0.3, -0.25) is 9.69 Å². The number of benzene rings is 2. The smallest absolute Gasteiger partial charge is 0.241 e. The molecule has 1 fully saturated rings. The van der Waals surface area contributed by atoms with E-state index in [2.05, 4.69) is 53.3 Å². The number of likely N-dealkylation sites (tertiary alicyclic amines) is 1. The van der Waals surface area contributed by atoms with Gasteiger partial charge in [0.2, 0.25) is 17.6 Å². The Bertz CT molecular complexity index is 1130. The van der Waals surface area contributed by atoms with Crippen molar-refractivity contribution in [2.45, 2.75) is 56.9 Å². The van der Waals surface area contributed by atoms with Gasteiger partial charge in [0, 0.05) is 28.6 Å². The Hall–Kier alpha value is -2.35. The van der Waals surface area contributed by atoms with Crippen molar-refractivity contribution in [3.63, 3.8) is 0 Å². The van der Waals surface area contributed by atoms with Crippen molar-refractivity contribution in [3.05, 3.63) is 65.0 Å². The molecule has 36 heavy (non-hydrogen) atoms. The number of thioether (sulfide) groups is 1. The summed E-state index contributed by atoms with van der Waals surface area (Å²) in [7, 11) is 0. The van der Waals surface area contributed by atoms with Crippen molar-refractivity contribution in [2.75, 3.05) is 25.4 Å². The van der Waals surface area contributed by atoms with Crippen LogP contribution in [0.2, 0.25) is 5.02 Å². The summed E-state index contributed by atoms with van der Waals surface area (Å²) in [6.45, 7) is 9.49. The molecule has 0 radical (unpaired) electrons. The van der Waals surface area contributed by atoms with Crippen LogP contribution in [0.1, 0.15) is 51.5 Å². The molecule has 1 aliphatic rings. The number of hydrogen-bond donors (Lipinski definition) is 1. The van der Waals surface area contributed by atoms with Crippen molar-refractivity contribution >= 4 is 29.3 Å². The molecule has 0 bridgehead atoms. The molecule has 8 heteroatoms. The number of rotatable bonds is 9. The minimum absolute atomic E-state index is 0.00463. The molecule has 1 aliphatic heterocycles. The van der Waals surface area contributed by atoms with Crippen LogP contribution >= 0.6 is 23.4 Å². The van der Waals surface area contributed by atoms with E-state index < -0.39 is 0 Å². The molecule has 1 unspecified atom stereocenters. The highest BCUT2D eigenvalue weighted by Crippen LogP contribution is 2.26. The molecule has 1 N–H and O–H groups in total. The summed E-state index contributed by atoms with van der Waals surface area (Å²) in [6.07, 6.45) is 2.83. The van der Waals surface area contributed by atoms with Crippen LogP contribution < -0.4 is 5.32 Å². The third-order valence-electron chi connectivity index (χ3n) is 6.42. The monoisotopic (exact) mass is 526 g/mol. The van der Waals surface area contributed by atoms with Crippen LogP contribution in [-0.2, 0) is 16.8 Å².